The molecule has 0 bridgehead atoms. The van der Waals surface area contributed by atoms with Crippen LogP contribution in [0.1, 0.15) is 37.0 Å². The number of hydrogen-bond donors (Lipinski definition) is 3. The molecule has 0 radical (unpaired) electrons. The number of hydrogen-bond acceptors (Lipinski definition) is 3. The van der Waals surface area contributed by atoms with Crippen LogP contribution in [0, 0.1) is 0 Å². The van der Waals surface area contributed by atoms with Crippen LogP contribution in [0.4, 0.5) is 0 Å². The summed E-state index contributed by atoms with van der Waals surface area (Å²) in [7, 11) is 0. The van der Waals surface area contributed by atoms with Crippen LogP contribution in [0.5, 0.6) is 0 Å². The monoisotopic (exact) mass is 210 g/mol. The lowest BCUT2D eigenvalue weighted by Crippen LogP contribution is -2.45. The van der Waals surface area contributed by atoms with E-state index >= 15 is 0 Å². The maximum Gasteiger partial charge on any atom is 0.271 e. The minimum atomic E-state index is -0.403. The fraction of sp³-hybridized carbons (Fsp3) is 0.600. The second-order valence-corrected chi connectivity index (χ2v) is 4.30. The van der Waals surface area contributed by atoms with Gasteiger partial charge in [0, 0.05) is 17.8 Å². The molecular formula is C10H18N4O. The van der Waals surface area contributed by atoms with Crippen LogP contribution in [-0.2, 0) is 6.42 Å². The summed E-state index contributed by atoms with van der Waals surface area (Å²) in [5, 5.41) is 9.43. The van der Waals surface area contributed by atoms with Gasteiger partial charge in [-0.25, -0.2) is 0 Å². The number of nitrogens with two attached hydrogens (primary N) is 1. The fourth-order valence-corrected chi connectivity index (χ4v) is 1.06. The molecule has 0 fully saturated rings. The SMILES string of the molecule is CCc1cc(C(=O)NCC(C)(C)N)n[nH]1. The van der Waals surface area contributed by atoms with Crippen molar-refractivity contribution in [3.63, 3.8) is 0 Å². The van der Waals surface area contributed by atoms with Gasteiger partial charge in [-0.15, -0.1) is 0 Å². The van der Waals surface area contributed by atoms with E-state index in [1.165, 1.54) is 0 Å². The van der Waals surface area contributed by atoms with Crippen LogP contribution >= 0.6 is 0 Å². The molecule has 1 rings (SSSR count). The van der Waals surface area contributed by atoms with E-state index in [1.807, 2.05) is 20.8 Å². The Labute approximate surface area is 89.4 Å². The number of nitrogens with zero attached hydrogens (tertiary/aromatic N) is 1. The number of carbonyl (C=O) groups is 1. The van der Waals surface area contributed by atoms with Gasteiger partial charge < -0.3 is 11.1 Å². The van der Waals surface area contributed by atoms with Crippen LogP contribution in [0.15, 0.2) is 6.07 Å². The molecule has 0 saturated heterocycles. The summed E-state index contributed by atoms with van der Waals surface area (Å²) >= 11 is 0. The third-order valence-electron chi connectivity index (χ3n) is 1.95. The molecule has 5 heteroatoms. The highest BCUT2D eigenvalue weighted by Crippen LogP contribution is 2.01. The van der Waals surface area contributed by atoms with Gasteiger partial charge in [-0.2, -0.15) is 5.10 Å². The van der Waals surface area contributed by atoms with Crippen LogP contribution in [0.25, 0.3) is 0 Å². The molecule has 1 amide bonds. The molecule has 0 unspecified atom stereocenters. The largest absolute Gasteiger partial charge is 0.349 e. The van der Waals surface area contributed by atoms with Crippen molar-refractivity contribution in [2.45, 2.75) is 32.7 Å². The molecule has 1 aromatic rings. The first-order chi connectivity index (χ1) is 6.92. The van der Waals surface area contributed by atoms with E-state index < -0.39 is 5.54 Å². The lowest BCUT2D eigenvalue weighted by molar-refractivity contribution is 0.0941. The van der Waals surface area contributed by atoms with Crippen molar-refractivity contribution in [3.05, 3.63) is 17.5 Å². The second kappa shape index (κ2) is 4.44. The highest BCUT2D eigenvalue weighted by atomic mass is 16.1. The minimum absolute atomic E-state index is 0.190. The molecule has 5 nitrogen and oxygen atoms in total. The average molecular weight is 210 g/mol. The number of amides is 1. The molecule has 0 aromatic carbocycles. The van der Waals surface area contributed by atoms with Gasteiger partial charge in [0.25, 0.3) is 5.91 Å². The maximum atomic E-state index is 11.6. The van der Waals surface area contributed by atoms with Crippen LogP contribution in [0.3, 0.4) is 0 Å². The van der Waals surface area contributed by atoms with E-state index in [9.17, 15) is 4.79 Å². The number of nitrogens with one attached hydrogen (secondary N) is 2. The number of H-pyrrole nitrogens is 1. The lowest BCUT2D eigenvalue weighted by Gasteiger charge is -2.18. The van der Waals surface area contributed by atoms with Crippen molar-refractivity contribution in [1.29, 1.82) is 0 Å². The van der Waals surface area contributed by atoms with Gasteiger partial charge in [-0.05, 0) is 26.3 Å². The quantitative estimate of drug-likeness (QED) is 0.674. The summed E-state index contributed by atoms with van der Waals surface area (Å²) in [6.07, 6.45) is 0.836. The first-order valence-electron chi connectivity index (χ1n) is 5.04. The summed E-state index contributed by atoms with van der Waals surface area (Å²) in [5.74, 6) is -0.190. The Bertz CT molecular complexity index is 337. The van der Waals surface area contributed by atoms with Gasteiger partial charge in [0.15, 0.2) is 0 Å². The van der Waals surface area contributed by atoms with Crippen molar-refractivity contribution in [2.24, 2.45) is 5.73 Å². The zero-order valence-corrected chi connectivity index (χ0v) is 9.42. The third kappa shape index (κ3) is 3.71. The Morgan fingerprint density at radius 1 is 1.67 bits per heavy atom. The summed E-state index contributed by atoms with van der Waals surface area (Å²) in [6.45, 7) is 6.14. The van der Waals surface area contributed by atoms with Crippen molar-refractivity contribution in [1.82, 2.24) is 15.5 Å². The Balaban J connectivity index is 2.54. The Morgan fingerprint density at radius 2 is 2.33 bits per heavy atom. The Hall–Kier alpha value is -1.36. The van der Waals surface area contributed by atoms with Gasteiger partial charge in [-0.1, -0.05) is 6.92 Å². The number of rotatable bonds is 4. The predicted molar refractivity (Wildman–Crippen MR) is 58.6 cm³/mol. The van der Waals surface area contributed by atoms with Gasteiger partial charge >= 0.3 is 0 Å². The normalized spacial score (nSPS) is 11.5. The molecule has 1 heterocycles. The van der Waals surface area contributed by atoms with Crippen LogP contribution in [-0.4, -0.2) is 28.2 Å². The first kappa shape index (κ1) is 11.7. The van der Waals surface area contributed by atoms with Gasteiger partial charge in [-0.3, -0.25) is 9.89 Å². The number of aromatic nitrogens is 2. The molecule has 0 atom stereocenters. The van der Waals surface area contributed by atoms with Crippen molar-refractivity contribution in [2.75, 3.05) is 6.54 Å². The van der Waals surface area contributed by atoms with Gasteiger partial charge in [0.05, 0.1) is 0 Å². The average Bonchev–Trinajstić information content (AvgIpc) is 2.61. The van der Waals surface area contributed by atoms with Gasteiger partial charge in [0.2, 0.25) is 0 Å². The fourth-order valence-electron chi connectivity index (χ4n) is 1.06. The minimum Gasteiger partial charge on any atom is -0.349 e. The number of aromatic amines is 1. The van der Waals surface area contributed by atoms with Gasteiger partial charge in [0.1, 0.15) is 5.69 Å². The van der Waals surface area contributed by atoms with E-state index in [0.29, 0.717) is 12.2 Å². The maximum absolute atomic E-state index is 11.6. The van der Waals surface area contributed by atoms with Crippen molar-refractivity contribution < 1.29 is 4.79 Å². The molecule has 0 aliphatic carbocycles. The summed E-state index contributed by atoms with van der Waals surface area (Å²) in [4.78, 5) is 11.6. The molecule has 0 saturated carbocycles. The van der Waals surface area contributed by atoms with E-state index in [-0.39, 0.29) is 5.91 Å². The molecule has 1 aromatic heterocycles. The predicted octanol–water partition coefficient (Wildman–Crippen LogP) is 0.439. The Morgan fingerprint density at radius 3 is 2.80 bits per heavy atom. The molecule has 0 spiro atoms. The molecule has 0 aliphatic heterocycles. The zero-order chi connectivity index (χ0) is 11.5. The summed E-state index contributed by atoms with van der Waals surface area (Å²) in [5.41, 5.74) is 6.71. The molecule has 84 valence electrons. The first-order valence-corrected chi connectivity index (χ1v) is 5.04. The number of aryl methyl sites for hydroxylation is 1. The standard InChI is InChI=1S/C10H18N4O/c1-4-7-5-8(14-13-7)9(15)12-6-10(2,3)11/h5H,4,6,11H2,1-3H3,(H,12,15)(H,13,14). The molecule has 15 heavy (non-hydrogen) atoms. The number of carbonyl (C=O) groups excluding carboxylic acids is 1. The van der Waals surface area contributed by atoms with E-state index in [2.05, 4.69) is 15.5 Å². The van der Waals surface area contributed by atoms with Crippen molar-refractivity contribution >= 4 is 5.91 Å². The Kier molecular flexibility index (Phi) is 3.47. The highest BCUT2D eigenvalue weighted by molar-refractivity contribution is 5.92. The molecule has 4 N–H and O–H groups in total. The van der Waals surface area contributed by atoms with E-state index in [0.717, 1.165) is 12.1 Å². The molecule has 0 aliphatic rings. The summed E-state index contributed by atoms with van der Waals surface area (Å²) < 4.78 is 0. The summed E-state index contributed by atoms with van der Waals surface area (Å²) in [6, 6.07) is 1.75. The smallest absolute Gasteiger partial charge is 0.271 e. The van der Waals surface area contributed by atoms with Crippen LogP contribution in [0.2, 0.25) is 0 Å². The lowest BCUT2D eigenvalue weighted by atomic mass is 10.1. The highest BCUT2D eigenvalue weighted by Gasteiger charge is 2.14. The van der Waals surface area contributed by atoms with Crippen LogP contribution < -0.4 is 11.1 Å². The van der Waals surface area contributed by atoms with E-state index in [1.54, 1.807) is 6.07 Å². The third-order valence-corrected chi connectivity index (χ3v) is 1.95. The molecular weight excluding hydrogens is 192 g/mol. The van der Waals surface area contributed by atoms with Crippen molar-refractivity contribution in [3.8, 4) is 0 Å². The topological polar surface area (TPSA) is 83.8 Å². The zero-order valence-electron chi connectivity index (χ0n) is 9.42. The second-order valence-electron chi connectivity index (χ2n) is 4.30. The van der Waals surface area contributed by atoms with E-state index in [4.69, 9.17) is 5.73 Å².